The van der Waals surface area contributed by atoms with Gasteiger partial charge in [0.2, 0.25) is 15.9 Å². The lowest BCUT2D eigenvalue weighted by Gasteiger charge is -2.21. The minimum absolute atomic E-state index is 0.101. The Labute approximate surface area is 131 Å². The van der Waals surface area contributed by atoms with Crippen LogP contribution in [0.2, 0.25) is 0 Å². The van der Waals surface area contributed by atoms with Crippen LogP contribution in [0.4, 0.5) is 0 Å². The van der Waals surface area contributed by atoms with Crippen molar-refractivity contribution in [3.05, 3.63) is 29.8 Å². The van der Waals surface area contributed by atoms with E-state index in [1.54, 1.807) is 13.2 Å². The highest BCUT2D eigenvalue weighted by atomic mass is 32.2. The molecule has 22 heavy (non-hydrogen) atoms. The third kappa shape index (κ3) is 4.99. The number of nitrogens with zero attached hydrogens (tertiary/aromatic N) is 1. The molecule has 1 saturated carbocycles. The monoisotopic (exact) mass is 326 g/mol. The minimum Gasteiger partial charge on any atom is -0.496 e. The zero-order chi connectivity index (χ0) is 16.2. The molecule has 1 fully saturated rings. The van der Waals surface area contributed by atoms with E-state index in [0.29, 0.717) is 5.75 Å². The number of hydrogen-bond acceptors (Lipinski definition) is 4. The maximum absolute atomic E-state index is 11.9. The molecule has 1 aliphatic carbocycles. The number of sulfonamides is 1. The average Bonchev–Trinajstić information content (AvgIpc) is 3.26. The average molecular weight is 326 g/mol. The highest BCUT2D eigenvalue weighted by molar-refractivity contribution is 7.88. The number of benzene rings is 1. The number of hydrogen-bond donors (Lipinski definition) is 1. The molecule has 1 aliphatic rings. The van der Waals surface area contributed by atoms with Gasteiger partial charge in [0.05, 0.1) is 13.4 Å². The summed E-state index contributed by atoms with van der Waals surface area (Å²) in [6, 6.07) is 7.55. The zero-order valence-electron chi connectivity index (χ0n) is 12.9. The van der Waals surface area contributed by atoms with E-state index in [-0.39, 0.29) is 31.5 Å². The highest BCUT2D eigenvalue weighted by Crippen LogP contribution is 2.21. The summed E-state index contributed by atoms with van der Waals surface area (Å²) in [5, 5.41) is 2.86. The van der Waals surface area contributed by atoms with Gasteiger partial charge >= 0.3 is 0 Å². The van der Waals surface area contributed by atoms with Crippen LogP contribution in [0.15, 0.2) is 24.3 Å². The smallest absolute Gasteiger partial charge is 0.221 e. The van der Waals surface area contributed by atoms with Crippen molar-refractivity contribution in [3.8, 4) is 5.75 Å². The molecule has 0 atom stereocenters. The highest BCUT2D eigenvalue weighted by Gasteiger charge is 2.24. The summed E-state index contributed by atoms with van der Waals surface area (Å²) in [4.78, 5) is 11.7. The van der Waals surface area contributed by atoms with Crippen LogP contribution in [0.25, 0.3) is 0 Å². The maximum Gasteiger partial charge on any atom is 0.221 e. The number of carbonyl (C=O) groups excluding carboxylic acids is 1. The topological polar surface area (TPSA) is 75.7 Å². The number of para-hydroxylation sites is 1. The molecule has 0 bridgehead atoms. The molecular weight excluding hydrogens is 304 g/mol. The number of amides is 1. The summed E-state index contributed by atoms with van der Waals surface area (Å²) in [6.45, 7) is 0.356. The fourth-order valence-electron chi connectivity index (χ4n) is 2.14. The third-order valence-corrected chi connectivity index (χ3v) is 4.79. The van der Waals surface area contributed by atoms with E-state index in [2.05, 4.69) is 5.32 Å². The Morgan fingerprint density at radius 1 is 1.36 bits per heavy atom. The Morgan fingerprint density at radius 2 is 2.05 bits per heavy atom. The Hall–Kier alpha value is -1.60. The number of carbonyl (C=O) groups is 1. The van der Waals surface area contributed by atoms with Crippen LogP contribution in [0.1, 0.15) is 24.8 Å². The van der Waals surface area contributed by atoms with Crippen LogP contribution in [0.5, 0.6) is 5.75 Å². The van der Waals surface area contributed by atoms with Crippen molar-refractivity contribution in [3.63, 3.8) is 0 Å². The van der Waals surface area contributed by atoms with Crippen LogP contribution in [0.3, 0.4) is 0 Å². The molecule has 1 N–H and O–H groups in total. The van der Waals surface area contributed by atoms with Gasteiger partial charge < -0.3 is 10.1 Å². The number of methoxy groups -OCH3 is 1. The standard InChI is InChI=1S/C15H22N2O4S/c1-21-14-6-4-3-5-12(14)11-17(22(2,19)20)10-9-15(18)16-13-7-8-13/h3-6,13H,7-11H2,1-2H3,(H,16,18). The summed E-state index contributed by atoms with van der Waals surface area (Å²) in [7, 11) is -1.85. The molecule has 0 aromatic heterocycles. The quantitative estimate of drug-likeness (QED) is 0.777. The summed E-state index contributed by atoms with van der Waals surface area (Å²) in [6.07, 6.45) is 3.35. The van der Waals surface area contributed by atoms with Crippen LogP contribution in [-0.4, -0.2) is 44.6 Å². The molecule has 0 unspecified atom stereocenters. The second-order valence-electron chi connectivity index (χ2n) is 5.50. The number of ether oxygens (including phenoxy) is 1. The van der Waals surface area contributed by atoms with Crippen molar-refractivity contribution in [2.75, 3.05) is 19.9 Å². The zero-order valence-corrected chi connectivity index (χ0v) is 13.7. The van der Waals surface area contributed by atoms with E-state index in [9.17, 15) is 13.2 Å². The molecule has 7 heteroatoms. The van der Waals surface area contributed by atoms with E-state index in [4.69, 9.17) is 4.74 Å². The van der Waals surface area contributed by atoms with E-state index in [1.807, 2.05) is 18.2 Å². The Bertz CT molecular complexity index is 626. The molecule has 0 heterocycles. The normalized spacial score (nSPS) is 14.9. The molecule has 2 rings (SSSR count). The van der Waals surface area contributed by atoms with E-state index < -0.39 is 10.0 Å². The Morgan fingerprint density at radius 3 is 2.64 bits per heavy atom. The molecule has 1 aromatic rings. The molecule has 122 valence electrons. The molecule has 1 aromatic carbocycles. The molecule has 0 aliphatic heterocycles. The van der Waals surface area contributed by atoms with Gasteiger partial charge in [-0.05, 0) is 18.9 Å². The van der Waals surface area contributed by atoms with Crippen molar-refractivity contribution < 1.29 is 17.9 Å². The van der Waals surface area contributed by atoms with E-state index in [1.165, 1.54) is 4.31 Å². The minimum atomic E-state index is -3.40. The van der Waals surface area contributed by atoms with Crippen molar-refractivity contribution in [1.82, 2.24) is 9.62 Å². The Balaban J connectivity index is 2.01. The van der Waals surface area contributed by atoms with E-state index in [0.717, 1.165) is 24.7 Å². The first-order chi connectivity index (χ1) is 10.4. The lowest BCUT2D eigenvalue weighted by molar-refractivity contribution is -0.121. The van der Waals surface area contributed by atoms with Gasteiger partial charge in [-0.15, -0.1) is 0 Å². The van der Waals surface area contributed by atoms with Gasteiger partial charge in [-0.2, -0.15) is 4.31 Å². The first kappa shape index (κ1) is 16.8. The maximum atomic E-state index is 11.9. The predicted octanol–water partition coefficient (Wildman–Crippen LogP) is 1.13. The Kier molecular flexibility index (Phi) is 5.42. The van der Waals surface area contributed by atoms with Gasteiger partial charge in [0.15, 0.2) is 0 Å². The third-order valence-electron chi connectivity index (χ3n) is 3.54. The fraction of sp³-hybridized carbons (Fsp3) is 0.533. The first-order valence-corrected chi connectivity index (χ1v) is 9.11. The van der Waals surface area contributed by atoms with Gasteiger partial charge in [-0.25, -0.2) is 8.42 Å². The van der Waals surface area contributed by atoms with Crippen molar-refractivity contribution in [1.29, 1.82) is 0 Å². The van der Waals surface area contributed by atoms with Gasteiger partial charge in [-0.1, -0.05) is 18.2 Å². The molecule has 0 saturated heterocycles. The lowest BCUT2D eigenvalue weighted by atomic mass is 10.2. The largest absolute Gasteiger partial charge is 0.496 e. The molecule has 0 radical (unpaired) electrons. The van der Waals surface area contributed by atoms with Crippen LogP contribution in [0, 0.1) is 0 Å². The molecule has 0 spiro atoms. The predicted molar refractivity (Wildman–Crippen MR) is 84.0 cm³/mol. The fourth-order valence-corrected chi connectivity index (χ4v) is 2.94. The van der Waals surface area contributed by atoms with Gasteiger partial charge in [0, 0.05) is 31.1 Å². The number of nitrogens with one attached hydrogen (secondary N) is 1. The van der Waals surface area contributed by atoms with Crippen molar-refractivity contribution in [2.24, 2.45) is 0 Å². The summed E-state index contributed by atoms with van der Waals surface area (Å²) in [5.74, 6) is 0.537. The van der Waals surface area contributed by atoms with Gasteiger partial charge in [0.25, 0.3) is 0 Å². The van der Waals surface area contributed by atoms with Crippen LogP contribution >= 0.6 is 0 Å². The SMILES string of the molecule is COc1ccccc1CN(CCC(=O)NC1CC1)S(C)(=O)=O. The second kappa shape index (κ2) is 7.11. The summed E-state index contributed by atoms with van der Waals surface area (Å²) in [5.41, 5.74) is 0.776. The molecular formula is C15H22N2O4S. The summed E-state index contributed by atoms with van der Waals surface area (Å²) < 4.78 is 30.4. The second-order valence-corrected chi connectivity index (χ2v) is 7.48. The van der Waals surface area contributed by atoms with Crippen molar-refractivity contribution in [2.45, 2.75) is 31.8 Å². The van der Waals surface area contributed by atoms with Crippen LogP contribution < -0.4 is 10.1 Å². The van der Waals surface area contributed by atoms with Gasteiger partial charge in [0.1, 0.15) is 5.75 Å². The molecule has 6 nitrogen and oxygen atoms in total. The van der Waals surface area contributed by atoms with Gasteiger partial charge in [-0.3, -0.25) is 4.79 Å². The summed E-state index contributed by atoms with van der Waals surface area (Å²) >= 11 is 0. The van der Waals surface area contributed by atoms with Crippen molar-refractivity contribution >= 4 is 15.9 Å². The first-order valence-electron chi connectivity index (χ1n) is 7.26. The van der Waals surface area contributed by atoms with Crippen LogP contribution in [-0.2, 0) is 21.4 Å². The molecule has 1 amide bonds. The van der Waals surface area contributed by atoms with E-state index >= 15 is 0 Å². The lowest BCUT2D eigenvalue weighted by Crippen LogP contribution is -2.34. The number of rotatable bonds is 8.